The number of alkyl halides is 1. The summed E-state index contributed by atoms with van der Waals surface area (Å²) in [6, 6.07) is 4.69. The third-order valence-corrected chi connectivity index (χ3v) is 6.21. The zero-order chi connectivity index (χ0) is 16.6. The van der Waals surface area contributed by atoms with E-state index in [0.29, 0.717) is 16.8 Å². The Hall–Kier alpha value is -1.97. The molecule has 1 aliphatic rings. The highest BCUT2D eigenvalue weighted by molar-refractivity contribution is 7.89. The summed E-state index contributed by atoms with van der Waals surface area (Å²) < 4.78 is 38.6. The van der Waals surface area contributed by atoms with Crippen LogP contribution in [0.2, 0.25) is 0 Å². The highest BCUT2D eigenvalue weighted by Gasteiger charge is 2.31. The highest BCUT2D eigenvalue weighted by atomic mass is 32.2. The number of benzene rings is 1. The lowest BCUT2D eigenvalue weighted by Gasteiger charge is -2.28. The molecule has 0 bridgehead atoms. The van der Waals surface area contributed by atoms with E-state index in [2.05, 4.69) is 5.32 Å². The highest BCUT2D eigenvalue weighted by Crippen LogP contribution is 2.35. The van der Waals surface area contributed by atoms with Gasteiger partial charge >= 0.3 is 5.97 Å². The van der Waals surface area contributed by atoms with Gasteiger partial charge in [-0.1, -0.05) is 6.07 Å². The largest absolute Gasteiger partial charge is 0.478 e. The van der Waals surface area contributed by atoms with Crippen LogP contribution in [0.1, 0.15) is 10.4 Å². The van der Waals surface area contributed by atoms with Crippen LogP contribution >= 0.6 is 11.3 Å². The minimum atomic E-state index is -3.80. The molecule has 2 aromatic rings. The molecule has 0 amide bonds. The average molecular weight is 356 g/mol. The van der Waals surface area contributed by atoms with E-state index < -0.39 is 22.7 Å². The summed E-state index contributed by atoms with van der Waals surface area (Å²) in [6.45, 7) is -0.987. The molecule has 122 valence electrons. The molecule has 1 aromatic carbocycles. The van der Waals surface area contributed by atoms with E-state index in [1.54, 1.807) is 17.5 Å². The number of halogens is 1. The van der Waals surface area contributed by atoms with Crippen molar-refractivity contribution in [3.8, 4) is 11.1 Å². The summed E-state index contributed by atoms with van der Waals surface area (Å²) in [7, 11) is -3.80. The maximum Gasteiger partial charge on any atom is 0.337 e. The molecule has 0 spiro atoms. The first kappa shape index (κ1) is 15.9. The number of carboxylic acids is 1. The molecule has 9 heteroatoms. The van der Waals surface area contributed by atoms with Gasteiger partial charge in [0.2, 0.25) is 10.0 Å². The van der Waals surface area contributed by atoms with Crippen molar-refractivity contribution in [2.75, 3.05) is 25.2 Å². The van der Waals surface area contributed by atoms with Gasteiger partial charge in [0.1, 0.15) is 11.6 Å². The van der Waals surface area contributed by atoms with Crippen LogP contribution in [0.15, 0.2) is 33.9 Å². The van der Waals surface area contributed by atoms with Gasteiger partial charge in [-0.15, -0.1) is 0 Å². The first-order valence-electron chi connectivity index (χ1n) is 6.69. The van der Waals surface area contributed by atoms with Crippen molar-refractivity contribution in [1.29, 1.82) is 0 Å². The van der Waals surface area contributed by atoms with Gasteiger partial charge < -0.3 is 10.4 Å². The fourth-order valence-electron chi connectivity index (χ4n) is 2.43. The standard InChI is InChI=1S/C14H13FN2O4S2/c15-3-4-17-8-16-12-2-1-9(5-13(12)23(17,20)21)10-6-22-7-11(10)14(18)19/h1-2,5-7,16H,3-4,8H2,(H,18,19). The first-order chi connectivity index (χ1) is 10.9. The molecule has 3 rings (SSSR count). The zero-order valence-electron chi connectivity index (χ0n) is 11.8. The summed E-state index contributed by atoms with van der Waals surface area (Å²) in [6.07, 6.45) is 0. The minimum absolute atomic E-state index is 0.0113. The average Bonchev–Trinajstić information content (AvgIpc) is 3.00. The number of anilines is 1. The van der Waals surface area contributed by atoms with Crippen LogP contribution in [0.4, 0.5) is 10.1 Å². The van der Waals surface area contributed by atoms with Crippen molar-refractivity contribution in [3.05, 3.63) is 34.5 Å². The van der Waals surface area contributed by atoms with Crippen LogP contribution in [-0.2, 0) is 10.0 Å². The Morgan fingerprint density at radius 2 is 2.17 bits per heavy atom. The summed E-state index contributed by atoms with van der Waals surface area (Å²) in [5.41, 5.74) is 1.51. The molecule has 0 unspecified atom stereocenters. The number of sulfonamides is 1. The van der Waals surface area contributed by atoms with E-state index in [9.17, 15) is 22.7 Å². The quantitative estimate of drug-likeness (QED) is 0.879. The van der Waals surface area contributed by atoms with Crippen LogP contribution in [0.5, 0.6) is 0 Å². The van der Waals surface area contributed by atoms with Crippen LogP contribution in [-0.4, -0.2) is 43.7 Å². The molecule has 1 aliphatic heterocycles. The molecule has 0 saturated heterocycles. The SMILES string of the molecule is O=C(O)c1cscc1-c1ccc2c(c1)S(=O)(=O)N(CCF)CN2. The minimum Gasteiger partial charge on any atom is -0.478 e. The zero-order valence-corrected chi connectivity index (χ0v) is 13.5. The van der Waals surface area contributed by atoms with Gasteiger partial charge in [0.05, 0.1) is 17.9 Å². The Bertz CT molecular complexity index is 863. The molecule has 0 saturated carbocycles. The second-order valence-electron chi connectivity index (χ2n) is 4.92. The molecule has 2 heterocycles. The van der Waals surface area contributed by atoms with Gasteiger partial charge in [-0.2, -0.15) is 15.6 Å². The Morgan fingerprint density at radius 1 is 1.39 bits per heavy atom. The molecule has 0 fully saturated rings. The van der Waals surface area contributed by atoms with Crippen molar-refractivity contribution >= 4 is 33.0 Å². The Kier molecular flexibility index (Phi) is 4.09. The molecule has 0 aliphatic carbocycles. The lowest BCUT2D eigenvalue weighted by molar-refractivity contribution is 0.0698. The van der Waals surface area contributed by atoms with Crippen LogP contribution in [0.25, 0.3) is 11.1 Å². The number of thiophene rings is 1. The molecule has 23 heavy (non-hydrogen) atoms. The molecule has 2 N–H and O–H groups in total. The van der Waals surface area contributed by atoms with Crippen molar-refractivity contribution < 1.29 is 22.7 Å². The van der Waals surface area contributed by atoms with Crippen LogP contribution < -0.4 is 5.32 Å². The fraction of sp³-hybridized carbons (Fsp3) is 0.214. The summed E-state index contributed by atoms with van der Waals surface area (Å²) in [4.78, 5) is 11.3. The van der Waals surface area contributed by atoms with Crippen LogP contribution in [0.3, 0.4) is 0 Å². The Morgan fingerprint density at radius 3 is 2.87 bits per heavy atom. The van der Waals surface area contributed by atoms with Gasteiger partial charge in [-0.3, -0.25) is 0 Å². The Labute approximate surface area is 136 Å². The predicted octanol–water partition coefficient (Wildman–Crippen LogP) is 2.46. The van der Waals surface area contributed by atoms with Gasteiger partial charge in [-0.25, -0.2) is 17.6 Å². The third kappa shape index (κ3) is 2.71. The number of carbonyl (C=O) groups is 1. The lowest BCUT2D eigenvalue weighted by atomic mass is 10.0. The molecular weight excluding hydrogens is 343 g/mol. The van der Waals surface area contributed by atoms with Crippen molar-refractivity contribution in [1.82, 2.24) is 4.31 Å². The smallest absolute Gasteiger partial charge is 0.337 e. The van der Waals surface area contributed by atoms with Crippen molar-refractivity contribution in [2.45, 2.75) is 4.90 Å². The van der Waals surface area contributed by atoms with Crippen molar-refractivity contribution in [2.24, 2.45) is 0 Å². The summed E-state index contributed by atoms with van der Waals surface area (Å²) in [5, 5.41) is 15.3. The number of hydrogen-bond donors (Lipinski definition) is 2. The number of hydrogen-bond acceptors (Lipinski definition) is 5. The van der Waals surface area contributed by atoms with E-state index >= 15 is 0 Å². The van der Waals surface area contributed by atoms with Gasteiger partial charge in [0, 0.05) is 17.5 Å². The van der Waals surface area contributed by atoms with E-state index in [1.165, 1.54) is 22.8 Å². The topological polar surface area (TPSA) is 86.7 Å². The second kappa shape index (κ2) is 5.91. The first-order valence-corrected chi connectivity index (χ1v) is 9.07. The molecular formula is C14H13FN2O4S2. The maximum absolute atomic E-state index is 12.5. The van der Waals surface area contributed by atoms with Gasteiger partial charge in [0.25, 0.3) is 0 Å². The number of nitrogens with one attached hydrogen (secondary N) is 1. The normalized spacial score (nSPS) is 16.6. The molecule has 6 nitrogen and oxygen atoms in total. The maximum atomic E-state index is 12.5. The van der Waals surface area contributed by atoms with E-state index in [1.807, 2.05) is 0 Å². The van der Waals surface area contributed by atoms with Crippen LogP contribution in [0, 0.1) is 0 Å². The Balaban J connectivity index is 2.11. The molecule has 0 atom stereocenters. The monoisotopic (exact) mass is 356 g/mol. The second-order valence-corrected chi connectivity index (χ2v) is 7.57. The number of aromatic carboxylic acids is 1. The summed E-state index contributed by atoms with van der Waals surface area (Å²) >= 11 is 1.23. The lowest BCUT2D eigenvalue weighted by Crippen LogP contribution is -2.40. The number of rotatable bonds is 4. The number of carboxylic acid groups (broad SMARTS) is 1. The predicted molar refractivity (Wildman–Crippen MR) is 85.1 cm³/mol. The van der Waals surface area contributed by atoms with E-state index in [-0.39, 0.29) is 23.7 Å². The summed E-state index contributed by atoms with van der Waals surface area (Å²) in [5.74, 6) is -1.07. The molecule has 0 radical (unpaired) electrons. The van der Waals surface area contributed by atoms with Crippen molar-refractivity contribution in [3.63, 3.8) is 0 Å². The van der Waals surface area contributed by atoms with Gasteiger partial charge in [-0.05, 0) is 23.1 Å². The third-order valence-electron chi connectivity index (χ3n) is 3.58. The fourth-order valence-corrected chi connectivity index (χ4v) is 4.77. The van der Waals surface area contributed by atoms with E-state index in [4.69, 9.17) is 0 Å². The van der Waals surface area contributed by atoms with E-state index in [0.717, 1.165) is 4.31 Å². The number of nitrogens with zero attached hydrogens (tertiary/aromatic N) is 1. The molecule has 1 aromatic heterocycles. The van der Waals surface area contributed by atoms with Gasteiger partial charge in [0.15, 0.2) is 0 Å². The number of fused-ring (bicyclic) bond motifs is 1.